The van der Waals surface area contributed by atoms with E-state index < -0.39 is 0 Å². The zero-order chi connectivity index (χ0) is 13.7. The Bertz CT molecular complexity index is 391. The van der Waals surface area contributed by atoms with E-state index in [1.165, 1.54) is 0 Å². The van der Waals surface area contributed by atoms with Crippen molar-refractivity contribution in [3.8, 4) is 0 Å². The molecule has 2 atom stereocenters. The lowest BCUT2D eigenvalue weighted by atomic mass is 9.91. The number of aliphatic hydroxyl groups excluding tert-OH is 1. The van der Waals surface area contributed by atoms with Gasteiger partial charge in [0.05, 0.1) is 26.0 Å². The molecule has 1 saturated heterocycles. The molecule has 2 rings (SSSR count). The first kappa shape index (κ1) is 14.1. The lowest BCUT2D eigenvalue weighted by molar-refractivity contribution is -0.124. The first-order valence-corrected chi connectivity index (χ1v) is 6.84. The highest BCUT2D eigenvalue weighted by atomic mass is 16.3. The Morgan fingerprint density at radius 1 is 1.63 bits per heavy atom. The number of rotatable bonds is 5. The van der Waals surface area contributed by atoms with Gasteiger partial charge in [-0.15, -0.1) is 0 Å². The first-order chi connectivity index (χ1) is 9.20. The summed E-state index contributed by atoms with van der Waals surface area (Å²) in [7, 11) is 0. The predicted octanol–water partition coefficient (Wildman–Crippen LogP) is 0.989. The molecule has 2 unspecified atom stereocenters. The Morgan fingerprint density at radius 3 is 3.16 bits per heavy atom. The molecule has 1 aliphatic heterocycles. The van der Waals surface area contributed by atoms with Crippen molar-refractivity contribution in [3.05, 3.63) is 24.2 Å². The van der Waals surface area contributed by atoms with E-state index in [-0.39, 0.29) is 18.6 Å². The van der Waals surface area contributed by atoms with Gasteiger partial charge in [-0.1, -0.05) is 6.92 Å². The molecule has 0 saturated carbocycles. The molecule has 0 aliphatic carbocycles. The van der Waals surface area contributed by atoms with Crippen LogP contribution in [-0.2, 0) is 11.3 Å². The molecule has 1 amide bonds. The minimum atomic E-state index is -0.0241. The van der Waals surface area contributed by atoms with Crippen molar-refractivity contribution in [2.45, 2.75) is 32.4 Å². The number of carbonyl (C=O) groups is 1. The van der Waals surface area contributed by atoms with Crippen LogP contribution in [0.5, 0.6) is 0 Å². The number of hydrogen-bond acceptors (Lipinski definition) is 4. The molecule has 1 aliphatic rings. The van der Waals surface area contributed by atoms with Crippen molar-refractivity contribution in [2.75, 3.05) is 19.7 Å². The van der Waals surface area contributed by atoms with E-state index in [1.807, 2.05) is 6.07 Å². The lowest BCUT2D eigenvalue weighted by Gasteiger charge is -2.38. The number of carbonyl (C=O) groups excluding carboxylic acids is 1. The van der Waals surface area contributed by atoms with E-state index in [2.05, 4.69) is 17.1 Å². The Kier molecular flexibility index (Phi) is 4.99. The van der Waals surface area contributed by atoms with Crippen molar-refractivity contribution in [3.63, 3.8) is 0 Å². The summed E-state index contributed by atoms with van der Waals surface area (Å²) in [5.41, 5.74) is 0. The summed E-state index contributed by atoms with van der Waals surface area (Å²) in [6, 6.07) is 3.73. The highest BCUT2D eigenvalue weighted by Gasteiger charge is 2.28. The van der Waals surface area contributed by atoms with Crippen LogP contribution in [0.4, 0.5) is 0 Å². The van der Waals surface area contributed by atoms with Gasteiger partial charge in [-0.25, -0.2) is 0 Å². The van der Waals surface area contributed by atoms with Crippen molar-refractivity contribution in [1.29, 1.82) is 0 Å². The molecule has 106 valence electrons. The van der Waals surface area contributed by atoms with Gasteiger partial charge in [0, 0.05) is 6.04 Å². The highest BCUT2D eigenvalue weighted by molar-refractivity contribution is 5.78. The van der Waals surface area contributed by atoms with Crippen LogP contribution in [0.2, 0.25) is 0 Å². The molecule has 19 heavy (non-hydrogen) atoms. The van der Waals surface area contributed by atoms with Crippen LogP contribution in [0.25, 0.3) is 0 Å². The third kappa shape index (κ3) is 3.81. The van der Waals surface area contributed by atoms with Gasteiger partial charge in [-0.05, 0) is 37.4 Å². The van der Waals surface area contributed by atoms with Crippen LogP contribution in [-0.4, -0.2) is 41.7 Å². The van der Waals surface area contributed by atoms with Gasteiger partial charge < -0.3 is 14.8 Å². The summed E-state index contributed by atoms with van der Waals surface area (Å²) in [4.78, 5) is 14.0. The summed E-state index contributed by atoms with van der Waals surface area (Å²) in [6.45, 7) is 3.89. The molecule has 1 aromatic rings. The number of nitrogens with one attached hydrogen (secondary N) is 1. The molecule has 2 N–H and O–H groups in total. The molecule has 0 bridgehead atoms. The van der Waals surface area contributed by atoms with Gasteiger partial charge in [-0.3, -0.25) is 9.69 Å². The Labute approximate surface area is 113 Å². The van der Waals surface area contributed by atoms with Crippen LogP contribution in [0, 0.1) is 5.92 Å². The van der Waals surface area contributed by atoms with Gasteiger partial charge in [0.1, 0.15) is 5.76 Å². The highest BCUT2D eigenvalue weighted by Crippen LogP contribution is 2.22. The number of piperidine rings is 1. The van der Waals surface area contributed by atoms with Gasteiger partial charge >= 0.3 is 0 Å². The molecule has 0 spiro atoms. The lowest BCUT2D eigenvalue weighted by Crippen LogP contribution is -2.50. The fraction of sp³-hybridized carbons (Fsp3) is 0.643. The fourth-order valence-electron chi connectivity index (χ4n) is 2.67. The number of likely N-dealkylation sites (tertiary alicyclic amines) is 1. The van der Waals surface area contributed by atoms with E-state index in [0.29, 0.717) is 19.0 Å². The predicted molar refractivity (Wildman–Crippen MR) is 71.4 cm³/mol. The smallest absolute Gasteiger partial charge is 0.234 e. The monoisotopic (exact) mass is 266 g/mol. The number of furan rings is 1. The van der Waals surface area contributed by atoms with Crippen molar-refractivity contribution < 1.29 is 14.3 Å². The Hall–Kier alpha value is -1.33. The van der Waals surface area contributed by atoms with E-state index in [9.17, 15) is 9.90 Å². The summed E-state index contributed by atoms with van der Waals surface area (Å²) in [5, 5.41) is 12.3. The second kappa shape index (κ2) is 6.73. The van der Waals surface area contributed by atoms with E-state index in [1.54, 1.807) is 12.3 Å². The zero-order valence-corrected chi connectivity index (χ0v) is 11.3. The van der Waals surface area contributed by atoms with E-state index in [4.69, 9.17) is 4.42 Å². The summed E-state index contributed by atoms with van der Waals surface area (Å²) in [5.74, 6) is 1.17. The number of nitrogens with zero attached hydrogens (tertiary/aromatic N) is 1. The molecule has 0 aromatic carbocycles. The minimum Gasteiger partial charge on any atom is -0.467 e. The van der Waals surface area contributed by atoms with Crippen molar-refractivity contribution in [2.24, 2.45) is 5.92 Å². The molecular formula is C14H22N2O3. The molecule has 5 heteroatoms. The average molecular weight is 266 g/mol. The van der Waals surface area contributed by atoms with Crippen LogP contribution in [0.1, 0.15) is 25.5 Å². The average Bonchev–Trinajstić information content (AvgIpc) is 2.90. The standard InChI is InChI=1S/C14H22N2O3/c1-11-4-2-6-16(13(11)10-17)9-14(18)15-8-12-5-3-7-19-12/h3,5,7,11,13,17H,2,4,6,8-10H2,1H3,(H,15,18). The summed E-state index contributed by atoms with van der Waals surface area (Å²) in [6.07, 6.45) is 3.80. The summed E-state index contributed by atoms with van der Waals surface area (Å²) < 4.78 is 5.16. The van der Waals surface area contributed by atoms with Gasteiger partial charge in [-0.2, -0.15) is 0 Å². The van der Waals surface area contributed by atoms with Gasteiger partial charge in [0.15, 0.2) is 0 Å². The van der Waals surface area contributed by atoms with Crippen molar-refractivity contribution >= 4 is 5.91 Å². The normalized spacial score (nSPS) is 24.3. The SMILES string of the molecule is CC1CCCN(CC(=O)NCc2ccco2)C1CO. The molecule has 0 radical (unpaired) electrons. The minimum absolute atomic E-state index is 0.0241. The van der Waals surface area contributed by atoms with Crippen LogP contribution < -0.4 is 5.32 Å². The van der Waals surface area contributed by atoms with E-state index in [0.717, 1.165) is 25.1 Å². The maximum absolute atomic E-state index is 11.9. The van der Waals surface area contributed by atoms with Crippen LogP contribution in [0.3, 0.4) is 0 Å². The zero-order valence-electron chi connectivity index (χ0n) is 11.3. The fourth-order valence-corrected chi connectivity index (χ4v) is 2.67. The van der Waals surface area contributed by atoms with Crippen molar-refractivity contribution in [1.82, 2.24) is 10.2 Å². The number of amides is 1. The van der Waals surface area contributed by atoms with Crippen LogP contribution >= 0.6 is 0 Å². The van der Waals surface area contributed by atoms with Gasteiger partial charge in [0.25, 0.3) is 0 Å². The molecule has 2 heterocycles. The maximum atomic E-state index is 11.9. The molecule has 5 nitrogen and oxygen atoms in total. The topological polar surface area (TPSA) is 65.7 Å². The first-order valence-electron chi connectivity index (χ1n) is 6.84. The Balaban J connectivity index is 1.80. The summed E-state index contributed by atoms with van der Waals surface area (Å²) >= 11 is 0. The Morgan fingerprint density at radius 2 is 2.47 bits per heavy atom. The molecule has 1 fully saturated rings. The quantitative estimate of drug-likeness (QED) is 0.834. The maximum Gasteiger partial charge on any atom is 0.234 e. The largest absolute Gasteiger partial charge is 0.467 e. The number of aliphatic hydroxyl groups is 1. The second-order valence-electron chi connectivity index (χ2n) is 5.20. The molecular weight excluding hydrogens is 244 g/mol. The van der Waals surface area contributed by atoms with E-state index >= 15 is 0 Å². The molecule has 1 aromatic heterocycles. The van der Waals surface area contributed by atoms with Crippen LogP contribution in [0.15, 0.2) is 22.8 Å². The second-order valence-corrected chi connectivity index (χ2v) is 5.20. The number of hydrogen-bond donors (Lipinski definition) is 2. The van der Waals surface area contributed by atoms with Gasteiger partial charge in [0.2, 0.25) is 5.91 Å². The third-order valence-electron chi connectivity index (χ3n) is 3.80. The third-order valence-corrected chi connectivity index (χ3v) is 3.80.